The zero-order valence-electron chi connectivity index (χ0n) is 15.0. The SMILES string of the molecule is COc1ccc(CC(=O)Nc2c(C)n(C)n(-c3ccccc3)c2=O)cc1. The standard InChI is InChI=1S/C20H21N3O3/c1-14-19(20(25)23(22(14)2)16-7-5-4-6-8-16)21-18(24)13-15-9-11-17(26-3)12-10-15/h4-12H,13H2,1-3H3,(H,21,24). The van der Waals surface area contributed by atoms with E-state index < -0.39 is 0 Å². The molecule has 134 valence electrons. The summed E-state index contributed by atoms with van der Waals surface area (Å²) in [6.45, 7) is 1.81. The van der Waals surface area contributed by atoms with Gasteiger partial charge in [-0.1, -0.05) is 30.3 Å². The van der Waals surface area contributed by atoms with Gasteiger partial charge in [-0.05, 0) is 36.8 Å². The van der Waals surface area contributed by atoms with Gasteiger partial charge in [0.05, 0.1) is 24.9 Å². The van der Waals surface area contributed by atoms with E-state index in [-0.39, 0.29) is 17.9 Å². The zero-order chi connectivity index (χ0) is 18.7. The van der Waals surface area contributed by atoms with Crippen molar-refractivity contribution >= 4 is 11.6 Å². The highest BCUT2D eigenvalue weighted by Crippen LogP contribution is 2.15. The first-order valence-electron chi connectivity index (χ1n) is 8.28. The Bertz CT molecular complexity index is 970. The van der Waals surface area contributed by atoms with Gasteiger partial charge in [0.25, 0.3) is 5.56 Å². The van der Waals surface area contributed by atoms with Gasteiger partial charge in [-0.15, -0.1) is 0 Å². The van der Waals surface area contributed by atoms with Crippen LogP contribution in [0.4, 0.5) is 5.69 Å². The summed E-state index contributed by atoms with van der Waals surface area (Å²) < 4.78 is 8.39. The third-order valence-electron chi connectivity index (χ3n) is 4.34. The van der Waals surface area contributed by atoms with E-state index in [1.807, 2.05) is 49.4 Å². The fourth-order valence-electron chi connectivity index (χ4n) is 2.82. The predicted octanol–water partition coefficient (Wildman–Crippen LogP) is 2.67. The van der Waals surface area contributed by atoms with E-state index in [4.69, 9.17) is 4.74 Å². The van der Waals surface area contributed by atoms with Crippen molar-refractivity contribution in [3.63, 3.8) is 0 Å². The summed E-state index contributed by atoms with van der Waals surface area (Å²) in [5.41, 5.74) is 2.34. The van der Waals surface area contributed by atoms with Crippen LogP contribution in [0.25, 0.3) is 5.69 Å². The van der Waals surface area contributed by atoms with Crippen molar-refractivity contribution in [2.24, 2.45) is 7.05 Å². The molecule has 0 spiro atoms. The van der Waals surface area contributed by atoms with Crippen LogP contribution in [0.15, 0.2) is 59.4 Å². The first kappa shape index (κ1) is 17.5. The Morgan fingerprint density at radius 3 is 2.35 bits per heavy atom. The average Bonchev–Trinajstić information content (AvgIpc) is 2.86. The second-order valence-corrected chi connectivity index (χ2v) is 6.01. The number of amides is 1. The molecule has 6 nitrogen and oxygen atoms in total. The lowest BCUT2D eigenvalue weighted by Gasteiger charge is -2.07. The van der Waals surface area contributed by atoms with Gasteiger partial charge in [-0.2, -0.15) is 0 Å². The topological polar surface area (TPSA) is 65.3 Å². The molecule has 3 aromatic rings. The predicted molar refractivity (Wildman–Crippen MR) is 101 cm³/mol. The van der Waals surface area contributed by atoms with Crippen LogP contribution in [-0.4, -0.2) is 22.4 Å². The fraction of sp³-hybridized carbons (Fsp3) is 0.200. The Morgan fingerprint density at radius 2 is 1.73 bits per heavy atom. The highest BCUT2D eigenvalue weighted by Gasteiger charge is 2.18. The van der Waals surface area contributed by atoms with Crippen LogP contribution in [0.3, 0.4) is 0 Å². The number of anilines is 1. The summed E-state index contributed by atoms with van der Waals surface area (Å²) >= 11 is 0. The Hall–Kier alpha value is -3.28. The minimum Gasteiger partial charge on any atom is -0.497 e. The highest BCUT2D eigenvalue weighted by atomic mass is 16.5. The quantitative estimate of drug-likeness (QED) is 0.769. The van der Waals surface area contributed by atoms with E-state index >= 15 is 0 Å². The van der Waals surface area contributed by atoms with Crippen molar-refractivity contribution < 1.29 is 9.53 Å². The number of rotatable bonds is 5. The smallest absolute Gasteiger partial charge is 0.295 e. The van der Waals surface area contributed by atoms with Crippen LogP contribution < -0.4 is 15.6 Å². The summed E-state index contributed by atoms with van der Waals surface area (Å²) in [6, 6.07) is 16.6. The molecule has 26 heavy (non-hydrogen) atoms. The van der Waals surface area contributed by atoms with Gasteiger partial charge in [0.1, 0.15) is 11.4 Å². The second-order valence-electron chi connectivity index (χ2n) is 6.01. The lowest BCUT2D eigenvalue weighted by atomic mass is 10.1. The molecule has 0 saturated heterocycles. The lowest BCUT2D eigenvalue weighted by Crippen LogP contribution is -2.23. The number of nitrogens with one attached hydrogen (secondary N) is 1. The third kappa shape index (κ3) is 3.39. The monoisotopic (exact) mass is 351 g/mol. The van der Waals surface area contributed by atoms with Gasteiger partial charge in [-0.3, -0.25) is 14.3 Å². The van der Waals surface area contributed by atoms with Crippen LogP contribution in [-0.2, 0) is 18.3 Å². The minimum atomic E-state index is -0.251. The summed E-state index contributed by atoms with van der Waals surface area (Å²) in [5.74, 6) is 0.500. The fourth-order valence-corrected chi connectivity index (χ4v) is 2.82. The summed E-state index contributed by atoms with van der Waals surface area (Å²) in [5, 5.41) is 2.76. The molecule has 1 heterocycles. The molecule has 0 radical (unpaired) electrons. The first-order chi connectivity index (χ1) is 12.5. The second kappa shape index (κ2) is 7.31. The molecule has 0 unspecified atom stereocenters. The van der Waals surface area contributed by atoms with E-state index in [1.165, 1.54) is 0 Å². The molecule has 0 atom stereocenters. The Morgan fingerprint density at radius 1 is 1.08 bits per heavy atom. The van der Waals surface area contributed by atoms with Gasteiger partial charge < -0.3 is 10.1 Å². The lowest BCUT2D eigenvalue weighted by molar-refractivity contribution is -0.115. The molecule has 0 fully saturated rings. The van der Waals surface area contributed by atoms with E-state index in [9.17, 15) is 9.59 Å². The molecule has 0 aliphatic heterocycles. The average molecular weight is 351 g/mol. The first-order valence-corrected chi connectivity index (χ1v) is 8.28. The maximum Gasteiger partial charge on any atom is 0.295 e. The van der Waals surface area contributed by atoms with Crippen molar-refractivity contribution in [3.05, 3.63) is 76.2 Å². The number of carbonyl (C=O) groups is 1. The van der Waals surface area contributed by atoms with Crippen molar-refractivity contribution in [3.8, 4) is 11.4 Å². The van der Waals surface area contributed by atoms with Crippen LogP contribution in [0.1, 0.15) is 11.3 Å². The van der Waals surface area contributed by atoms with E-state index in [2.05, 4.69) is 5.32 Å². The molecule has 3 rings (SSSR count). The molecule has 6 heteroatoms. The zero-order valence-corrected chi connectivity index (χ0v) is 15.0. The molecule has 1 N–H and O–H groups in total. The summed E-state index contributed by atoms with van der Waals surface area (Å²) in [6.07, 6.45) is 0.184. The number of ether oxygens (including phenoxy) is 1. The number of para-hydroxylation sites is 1. The largest absolute Gasteiger partial charge is 0.497 e. The molecule has 0 saturated carbocycles. The van der Waals surface area contributed by atoms with Crippen molar-refractivity contribution in [2.45, 2.75) is 13.3 Å². The molecule has 0 aliphatic carbocycles. The van der Waals surface area contributed by atoms with Crippen LogP contribution in [0.2, 0.25) is 0 Å². The molecule has 1 aromatic heterocycles. The molecule has 0 aliphatic rings. The molecule has 1 amide bonds. The van der Waals surface area contributed by atoms with Gasteiger partial charge in [0.2, 0.25) is 5.91 Å². The summed E-state index contributed by atoms with van der Waals surface area (Å²) in [4.78, 5) is 25.2. The van der Waals surface area contributed by atoms with Crippen LogP contribution in [0, 0.1) is 6.92 Å². The maximum atomic E-state index is 12.8. The van der Waals surface area contributed by atoms with Gasteiger partial charge in [-0.25, -0.2) is 4.68 Å². The van der Waals surface area contributed by atoms with Crippen molar-refractivity contribution in [1.82, 2.24) is 9.36 Å². The number of carbonyl (C=O) groups excluding carboxylic acids is 1. The Kier molecular flexibility index (Phi) is 4.93. The number of nitrogens with zero attached hydrogens (tertiary/aromatic N) is 2. The normalized spacial score (nSPS) is 10.6. The van der Waals surface area contributed by atoms with Crippen molar-refractivity contribution in [2.75, 3.05) is 12.4 Å². The van der Waals surface area contributed by atoms with E-state index in [0.717, 1.165) is 17.0 Å². The summed E-state index contributed by atoms with van der Waals surface area (Å²) in [7, 11) is 3.39. The highest BCUT2D eigenvalue weighted by molar-refractivity contribution is 5.92. The van der Waals surface area contributed by atoms with Gasteiger partial charge in [0, 0.05) is 7.05 Å². The van der Waals surface area contributed by atoms with Crippen LogP contribution >= 0.6 is 0 Å². The third-order valence-corrected chi connectivity index (χ3v) is 4.34. The van der Waals surface area contributed by atoms with Gasteiger partial charge in [0.15, 0.2) is 0 Å². The molecule has 0 bridgehead atoms. The maximum absolute atomic E-state index is 12.8. The number of methoxy groups -OCH3 is 1. The number of hydrogen-bond donors (Lipinski definition) is 1. The van der Waals surface area contributed by atoms with E-state index in [1.54, 1.807) is 35.7 Å². The Labute approximate surface area is 151 Å². The number of hydrogen-bond acceptors (Lipinski definition) is 3. The molecule has 2 aromatic carbocycles. The molecular formula is C20H21N3O3. The van der Waals surface area contributed by atoms with Gasteiger partial charge >= 0.3 is 0 Å². The van der Waals surface area contributed by atoms with Crippen LogP contribution in [0.5, 0.6) is 5.75 Å². The minimum absolute atomic E-state index is 0.184. The van der Waals surface area contributed by atoms with Crippen molar-refractivity contribution in [1.29, 1.82) is 0 Å². The van der Waals surface area contributed by atoms with E-state index in [0.29, 0.717) is 11.4 Å². The number of benzene rings is 2. The Balaban J connectivity index is 1.83. The number of aromatic nitrogens is 2. The molecular weight excluding hydrogens is 330 g/mol.